The number of nitrogens with zero attached hydrogens (tertiary/aromatic N) is 1. The van der Waals surface area contributed by atoms with Gasteiger partial charge in [0.15, 0.2) is 6.61 Å². The average molecular weight is 448 g/mol. The van der Waals surface area contributed by atoms with E-state index in [2.05, 4.69) is 11.4 Å². The Bertz CT molecular complexity index is 1190. The maximum Gasteiger partial charge on any atom is 0.338 e. The van der Waals surface area contributed by atoms with Crippen LogP contribution in [0, 0.1) is 29.5 Å². The van der Waals surface area contributed by atoms with Crippen LogP contribution < -0.4 is 10.2 Å². The summed E-state index contributed by atoms with van der Waals surface area (Å²) in [7, 11) is 0. The number of rotatable bonds is 5. The smallest absolute Gasteiger partial charge is 0.338 e. The van der Waals surface area contributed by atoms with Gasteiger partial charge in [-0.15, -0.1) is 0 Å². The molecule has 2 fully saturated rings. The molecule has 2 bridgehead atoms. The Morgan fingerprint density at radius 1 is 1.03 bits per heavy atom. The molecule has 2 aromatic carbocycles. The van der Waals surface area contributed by atoms with E-state index in [1.54, 1.807) is 0 Å². The lowest BCUT2D eigenvalue weighted by Crippen LogP contribution is -2.33. The molecule has 4 atom stereocenters. The minimum Gasteiger partial charge on any atom is -0.452 e. The van der Waals surface area contributed by atoms with Gasteiger partial charge in [0.05, 0.1) is 23.1 Å². The first-order valence-corrected chi connectivity index (χ1v) is 10.7. The molecule has 0 spiro atoms. The number of hydrogen-bond acceptors (Lipinski definition) is 5. The molecular formula is C25H21FN2O5. The van der Waals surface area contributed by atoms with Crippen molar-refractivity contribution in [3.05, 3.63) is 71.6 Å². The number of halogens is 1. The van der Waals surface area contributed by atoms with Gasteiger partial charge in [-0.05, 0) is 73.7 Å². The molecule has 0 radical (unpaired) electrons. The largest absolute Gasteiger partial charge is 0.452 e. The standard InChI is InChI=1S/C25H21FN2O5/c1-13-10-15-11-19(13)22-21(15)23(30)28(24(22)31)18-8-2-14(3-9-18)25(32)33-12-20(29)27-17-6-4-16(26)5-7-17/h2-10,15,19,21-22H,11-12H2,1H3,(H,27,29)/t15-,19+,21+,22+/m0/s1. The Morgan fingerprint density at radius 3 is 2.39 bits per heavy atom. The number of carbonyl (C=O) groups excluding carboxylic acids is 4. The molecular weight excluding hydrogens is 427 g/mol. The van der Waals surface area contributed by atoms with Crippen molar-refractivity contribution in [2.24, 2.45) is 23.7 Å². The molecule has 33 heavy (non-hydrogen) atoms. The van der Waals surface area contributed by atoms with E-state index in [0.717, 1.165) is 6.42 Å². The van der Waals surface area contributed by atoms with E-state index in [1.165, 1.54) is 59.0 Å². The van der Waals surface area contributed by atoms with Crippen LogP contribution >= 0.6 is 0 Å². The molecule has 1 aliphatic heterocycles. The maximum absolute atomic E-state index is 13.0. The number of amides is 3. The van der Waals surface area contributed by atoms with Crippen molar-refractivity contribution >= 4 is 35.1 Å². The Kier molecular flexibility index (Phi) is 5.08. The first-order chi connectivity index (χ1) is 15.8. The molecule has 1 saturated heterocycles. The predicted molar refractivity (Wildman–Crippen MR) is 117 cm³/mol. The molecule has 0 unspecified atom stereocenters. The lowest BCUT2D eigenvalue weighted by Gasteiger charge is -2.19. The predicted octanol–water partition coefficient (Wildman–Crippen LogP) is 3.32. The number of fused-ring (bicyclic) bond motifs is 5. The third-order valence-electron chi connectivity index (χ3n) is 6.70. The maximum atomic E-state index is 13.0. The number of ether oxygens (including phenoxy) is 1. The summed E-state index contributed by atoms with van der Waals surface area (Å²) in [5, 5.41) is 2.50. The second-order valence-corrected chi connectivity index (χ2v) is 8.66. The second kappa shape index (κ2) is 7.95. The SMILES string of the molecule is CC1=C[C@H]2C[C@H]1[C@H]1C(=O)N(c3ccc(C(=O)OCC(=O)Nc4ccc(F)cc4)cc3)C(=O)[C@@H]12. The summed E-state index contributed by atoms with van der Waals surface area (Å²) in [6.45, 7) is 1.50. The minimum absolute atomic E-state index is 0.122. The van der Waals surface area contributed by atoms with Crippen LogP contribution in [0.1, 0.15) is 23.7 Å². The molecule has 1 heterocycles. The Morgan fingerprint density at radius 2 is 1.70 bits per heavy atom. The molecule has 1 saturated carbocycles. The highest BCUT2D eigenvalue weighted by Crippen LogP contribution is 2.55. The normalized spacial score (nSPS) is 25.2. The zero-order chi connectivity index (χ0) is 23.3. The van der Waals surface area contributed by atoms with Crippen LogP contribution in [0.3, 0.4) is 0 Å². The third-order valence-corrected chi connectivity index (χ3v) is 6.70. The molecule has 8 heteroatoms. The van der Waals surface area contributed by atoms with E-state index < -0.39 is 24.3 Å². The summed E-state index contributed by atoms with van der Waals surface area (Å²) in [6, 6.07) is 11.2. The molecule has 0 aromatic heterocycles. The third kappa shape index (κ3) is 3.61. The van der Waals surface area contributed by atoms with Crippen LogP contribution in [-0.2, 0) is 19.1 Å². The van der Waals surface area contributed by atoms with E-state index >= 15 is 0 Å². The summed E-state index contributed by atoms with van der Waals surface area (Å²) in [6.07, 6.45) is 2.98. The number of anilines is 2. The fourth-order valence-electron chi connectivity index (χ4n) is 5.22. The number of imide groups is 1. The summed E-state index contributed by atoms with van der Waals surface area (Å²) < 4.78 is 17.9. The van der Waals surface area contributed by atoms with E-state index in [4.69, 9.17) is 4.74 Å². The van der Waals surface area contributed by atoms with Crippen LogP contribution in [-0.4, -0.2) is 30.3 Å². The van der Waals surface area contributed by atoms with Gasteiger partial charge in [0, 0.05) is 5.69 Å². The van der Waals surface area contributed by atoms with Gasteiger partial charge in [-0.1, -0.05) is 11.6 Å². The lowest BCUT2D eigenvalue weighted by atomic mass is 9.82. The van der Waals surface area contributed by atoms with Crippen molar-refractivity contribution in [1.29, 1.82) is 0 Å². The van der Waals surface area contributed by atoms with Gasteiger partial charge in [0.2, 0.25) is 11.8 Å². The van der Waals surface area contributed by atoms with E-state index in [-0.39, 0.29) is 41.0 Å². The number of nitrogens with one attached hydrogen (secondary N) is 1. The van der Waals surface area contributed by atoms with Crippen LogP contribution in [0.2, 0.25) is 0 Å². The summed E-state index contributed by atoms with van der Waals surface area (Å²) in [4.78, 5) is 51.5. The monoisotopic (exact) mass is 448 g/mol. The highest BCUT2D eigenvalue weighted by atomic mass is 19.1. The minimum atomic E-state index is -0.718. The number of esters is 1. The first-order valence-electron chi connectivity index (χ1n) is 10.7. The number of carbonyl (C=O) groups is 4. The molecule has 3 aliphatic rings. The first kappa shape index (κ1) is 21.1. The van der Waals surface area contributed by atoms with Gasteiger partial charge >= 0.3 is 5.97 Å². The van der Waals surface area contributed by atoms with Gasteiger partial charge in [-0.25, -0.2) is 9.18 Å². The van der Waals surface area contributed by atoms with Crippen molar-refractivity contribution in [2.75, 3.05) is 16.8 Å². The van der Waals surface area contributed by atoms with E-state index in [0.29, 0.717) is 11.4 Å². The molecule has 3 amide bonds. The summed E-state index contributed by atoms with van der Waals surface area (Å²) in [5.74, 6) is -2.41. The zero-order valence-electron chi connectivity index (χ0n) is 17.8. The molecule has 168 valence electrons. The quantitative estimate of drug-likeness (QED) is 0.430. The second-order valence-electron chi connectivity index (χ2n) is 8.66. The fourth-order valence-corrected chi connectivity index (χ4v) is 5.22. The van der Waals surface area contributed by atoms with E-state index in [1.807, 2.05) is 6.92 Å². The highest BCUT2D eigenvalue weighted by molar-refractivity contribution is 6.23. The lowest BCUT2D eigenvalue weighted by molar-refractivity contribution is -0.123. The van der Waals surface area contributed by atoms with E-state index in [9.17, 15) is 23.6 Å². The van der Waals surface area contributed by atoms with Gasteiger partial charge < -0.3 is 10.1 Å². The molecule has 7 nitrogen and oxygen atoms in total. The summed E-state index contributed by atoms with van der Waals surface area (Å²) in [5.41, 5.74) is 2.17. The molecule has 2 aliphatic carbocycles. The van der Waals surface area contributed by atoms with Gasteiger partial charge in [-0.3, -0.25) is 19.3 Å². The zero-order valence-corrected chi connectivity index (χ0v) is 17.8. The van der Waals surface area contributed by atoms with Crippen molar-refractivity contribution in [3.63, 3.8) is 0 Å². The van der Waals surface area contributed by atoms with Crippen LogP contribution in [0.4, 0.5) is 15.8 Å². The molecule has 5 rings (SSSR count). The number of hydrogen-bond donors (Lipinski definition) is 1. The average Bonchev–Trinajstić information content (AvgIpc) is 3.44. The van der Waals surface area contributed by atoms with Crippen molar-refractivity contribution < 1.29 is 28.3 Å². The fraction of sp³-hybridized carbons (Fsp3) is 0.280. The van der Waals surface area contributed by atoms with Gasteiger partial charge in [-0.2, -0.15) is 0 Å². The van der Waals surface area contributed by atoms with Gasteiger partial charge in [0.25, 0.3) is 5.91 Å². The van der Waals surface area contributed by atoms with Crippen LogP contribution in [0.15, 0.2) is 60.2 Å². The molecule has 1 N–H and O–H groups in total. The topological polar surface area (TPSA) is 92.8 Å². The van der Waals surface area contributed by atoms with Crippen molar-refractivity contribution in [1.82, 2.24) is 0 Å². The van der Waals surface area contributed by atoms with Crippen molar-refractivity contribution in [2.45, 2.75) is 13.3 Å². The van der Waals surface area contributed by atoms with Crippen LogP contribution in [0.25, 0.3) is 0 Å². The Balaban J connectivity index is 1.21. The summed E-state index contributed by atoms with van der Waals surface area (Å²) >= 11 is 0. The Labute approximate surface area is 189 Å². The highest BCUT2D eigenvalue weighted by Gasteiger charge is 2.60. The van der Waals surface area contributed by atoms with Gasteiger partial charge in [0.1, 0.15) is 5.82 Å². The molecule has 2 aromatic rings. The van der Waals surface area contributed by atoms with Crippen LogP contribution in [0.5, 0.6) is 0 Å². The number of benzene rings is 2. The number of allylic oxidation sites excluding steroid dienone is 2. The Hall–Kier alpha value is -3.81. The van der Waals surface area contributed by atoms with Crippen molar-refractivity contribution in [3.8, 4) is 0 Å².